The molecule has 0 radical (unpaired) electrons. The van der Waals surface area contributed by atoms with Crippen molar-refractivity contribution in [1.29, 1.82) is 0 Å². The molecule has 2 aromatic carbocycles. The van der Waals surface area contributed by atoms with Gasteiger partial charge in [0.1, 0.15) is 17.0 Å². The fourth-order valence-corrected chi connectivity index (χ4v) is 4.99. The van der Waals surface area contributed by atoms with E-state index < -0.39 is 18.3 Å². The number of ketones is 1. The number of carbonyl (C=O) groups is 1. The summed E-state index contributed by atoms with van der Waals surface area (Å²) in [4.78, 5) is 14.4. The summed E-state index contributed by atoms with van der Waals surface area (Å²) >= 11 is 5.61. The van der Waals surface area contributed by atoms with Crippen LogP contribution in [0.5, 0.6) is 11.5 Å². The maximum atomic E-state index is 13.8. The number of hydrogen-bond donors (Lipinski definition) is 1. The van der Waals surface area contributed by atoms with E-state index in [-0.39, 0.29) is 23.4 Å². The van der Waals surface area contributed by atoms with E-state index in [4.69, 9.17) is 21.7 Å². The normalized spacial score (nSPS) is 25.5. The lowest BCUT2D eigenvalue weighted by Gasteiger charge is -2.44. The number of aryl methyl sites for hydroxylation is 1. The lowest BCUT2D eigenvalue weighted by atomic mass is 9.70. The van der Waals surface area contributed by atoms with E-state index in [1.807, 2.05) is 38.1 Å². The highest BCUT2D eigenvalue weighted by Crippen LogP contribution is 2.43. The molecule has 4 nitrogen and oxygen atoms in total. The first kappa shape index (κ1) is 23.5. The Labute approximate surface area is 196 Å². The van der Waals surface area contributed by atoms with E-state index in [1.165, 1.54) is 12.1 Å². The van der Waals surface area contributed by atoms with Gasteiger partial charge in [-0.15, -0.1) is 0 Å². The Balaban J connectivity index is 1.82. The van der Waals surface area contributed by atoms with Crippen molar-refractivity contribution in [3.05, 3.63) is 59.2 Å². The minimum Gasteiger partial charge on any atom is -0.493 e. The van der Waals surface area contributed by atoms with Crippen molar-refractivity contribution in [1.82, 2.24) is 5.32 Å². The number of alkyl halides is 3. The monoisotopic (exact) mass is 477 g/mol. The van der Waals surface area contributed by atoms with Gasteiger partial charge in [-0.2, -0.15) is 13.2 Å². The van der Waals surface area contributed by atoms with Gasteiger partial charge in [0.15, 0.2) is 12.4 Å². The van der Waals surface area contributed by atoms with Crippen molar-refractivity contribution in [2.75, 3.05) is 13.2 Å². The second-order valence-corrected chi connectivity index (χ2v) is 9.20. The molecule has 0 saturated carbocycles. The van der Waals surface area contributed by atoms with Gasteiger partial charge in [0.2, 0.25) is 0 Å². The summed E-state index contributed by atoms with van der Waals surface area (Å²) < 4.78 is 49.4. The zero-order valence-electron chi connectivity index (χ0n) is 18.5. The topological polar surface area (TPSA) is 47.6 Å². The second-order valence-electron chi connectivity index (χ2n) is 8.77. The lowest BCUT2D eigenvalue weighted by molar-refractivity contribution is -0.153. The molecule has 0 aromatic heterocycles. The molecule has 0 amide bonds. The second kappa shape index (κ2) is 8.97. The van der Waals surface area contributed by atoms with Crippen LogP contribution < -0.4 is 14.8 Å². The molecule has 33 heavy (non-hydrogen) atoms. The molecule has 3 atom stereocenters. The number of nitrogens with one attached hydrogen (secondary N) is 1. The van der Waals surface area contributed by atoms with E-state index in [0.717, 1.165) is 11.1 Å². The van der Waals surface area contributed by atoms with E-state index >= 15 is 0 Å². The molecular weight excluding hydrogens is 451 g/mol. The van der Waals surface area contributed by atoms with Crippen molar-refractivity contribution >= 4 is 23.0 Å². The van der Waals surface area contributed by atoms with Gasteiger partial charge in [0.05, 0.1) is 11.6 Å². The molecule has 0 aliphatic carbocycles. The summed E-state index contributed by atoms with van der Waals surface area (Å²) in [6.45, 7) is 2.70. The Kier molecular flexibility index (Phi) is 6.40. The maximum Gasteiger partial charge on any atom is 0.422 e. The number of rotatable bonds is 2. The fraction of sp³-hybridized carbons (Fsp3) is 0.440. The zero-order valence-corrected chi connectivity index (χ0v) is 19.3. The average molecular weight is 478 g/mol. The average Bonchev–Trinajstić information content (AvgIpc) is 2.78. The van der Waals surface area contributed by atoms with Crippen LogP contribution in [0.2, 0.25) is 0 Å². The van der Waals surface area contributed by atoms with Gasteiger partial charge in [-0.05, 0) is 42.2 Å². The number of fused-ring (bicyclic) bond motifs is 3. The van der Waals surface area contributed by atoms with Crippen LogP contribution in [0, 0.1) is 11.8 Å². The fourth-order valence-electron chi connectivity index (χ4n) is 4.61. The molecule has 8 heteroatoms. The molecule has 2 heterocycles. The number of hydrogen-bond acceptors (Lipinski definition) is 4. The number of Topliss-reactive ketones (excluding diaryl/α,β-unsaturated/α-hetero) is 1. The summed E-state index contributed by atoms with van der Waals surface area (Å²) in [6.07, 6.45) is -2.80. The highest BCUT2D eigenvalue weighted by Gasteiger charge is 2.50. The van der Waals surface area contributed by atoms with Crippen LogP contribution in [-0.2, 0) is 23.2 Å². The first-order valence-electron chi connectivity index (χ1n) is 11.0. The first-order valence-corrected chi connectivity index (χ1v) is 11.4. The molecule has 1 fully saturated rings. The minimum absolute atomic E-state index is 0.0262. The maximum absolute atomic E-state index is 13.8. The number of carbonyl (C=O) groups excluding carboxylic acids is 1. The number of ether oxygens (including phenoxy) is 2. The van der Waals surface area contributed by atoms with Gasteiger partial charge in [-0.25, -0.2) is 0 Å². The minimum atomic E-state index is -4.47. The summed E-state index contributed by atoms with van der Waals surface area (Å²) in [5.41, 5.74) is 1.50. The van der Waals surface area contributed by atoms with E-state index in [1.54, 1.807) is 6.07 Å². The van der Waals surface area contributed by atoms with E-state index in [9.17, 15) is 18.0 Å². The Morgan fingerprint density at radius 3 is 2.52 bits per heavy atom. The molecular formula is C25H26F3NO3S. The molecule has 3 unspecified atom stereocenters. The smallest absolute Gasteiger partial charge is 0.422 e. The van der Waals surface area contributed by atoms with Crippen LogP contribution in [0.25, 0.3) is 0 Å². The number of piperidine rings is 1. The lowest BCUT2D eigenvalue weighted by Crippen LogP contribution is -2.61. The van der Waals surface area contributed by atoms with Gasteiger partial charge >= 0.3 is 6.18 Å². The van der Waals surface area contributed by atoms with Crippen LogP contribution in [0.3, 0.4) is 0 Å². The van der Waals surface area contributed by atoms with Crippen molar-refractivity contribution in [3.63, 3.8) is 0 Å². The molecule has 176 valence electrons. The summed E-state index contributed by atoms with van der Waals surface area (Å²) in [6, 6.07) is 12.5. The Morgan fingerprint density at radius 1 is 1.12 bits per heavy atom. The van der Waals surface area contributed by atoms with Crippen LogP contribution in [-0.4, -0.2) is 30.2 Å². The summed E-state index contributed by atoms with van der Waals surface area (Å²) in [7, 11) is 0. The van der Waals surface area contributed by atoms with Crippen LogP contribution >= 0.6 is 12.2 Å². The van der Waals surface area contributed by atoms with Crippen LogP contribution in [0.4, 0.5) is 13.2 Å². The molecule has 1 saturated heterocycles. The highest BCUT2D eigenvalue weighted by molar-refractivity contribution is 7.80. The molecule has 0 bridgehead atoms. The third kappa shape index (κ3) is 4.71. The van der Waals surface area contributed by atoms with Gasteiger partial charge in [0, 0.05) is 23.8 Å². The van der Waals surface area contributed by atoms with Crippen molar-refractivity contribution in [2.45, 2.75) is 44.8 Å². The Morgan fingerprint density at radius 2 is 1.82 bits per heavy atom. The molecule has 1 spiro atoms. The van der Waals surface area contributed by atoms with Crippen LogP contribution in [0.15, 0.2) is 42.5 Å². The molecule has 4 rings (SSSR count). The molecule has 2 aromatic rings. The first-order chi connectivity index (χ1) is 15.6. The van der Waals surface area contributed by atoms with E-state index in [2.05, 4.69) is 5.32 Å². The molecule has 2 aliphatic heterocycles. The van der Waals surface area contributed by atoms with Gasteiger partial charge < -0.3 is 14.8 Å². The molecule has 1 N–H and O–H groups in total. The standard InChI is InChI=1S/C25H26F3NO3S/c1-15-16(2)23(33)29-24(22(15)30)11-9-17-5-3-4-6-18(17)10-12-31-21-8-7-19(13-20(21)24)32-14-25(26,27)28/h3-8,13,15-16H,9-12,14H2,1-2H3,(H,29,33). The predicted octanol–water partition coefficient (Wildman–Crippen LogP) is 5.16. The summed E-state index contributed by atoms with van der Waals surface area (Å²) in [5.74, 6) is -0.0868. The Bertz CT molecular complexity index is 1070. The van der Waals surface area contributed by atoms with Gasteiger partial charge in [-0.1, -0.05) is 50.3 Å². The highest BCUT2D eigenvalue weighted by atomic mass is 32.1. The number of halogens is 3. The number of benzene rings is 2. The quantitative estimate of drug-likeness (QED) is 0.606. The van der Waals surface area contributed by atoms with Crippen LogP contribution in [0.1, 0.15) is 37.0 Å². The van der Waals surface area contributed by atoms with Gasteiger partial charge in [-0.3, -0.25) is 4.79 Å². The van der Waals surface area contributed by atoms with Crippen molar-refractivity contribution < 1.29 is 27.4 Å². The SMILES string of the molecule is CC1C(=O)C2(CCc3ccccc3CCOc3ccc(OCC(F)(F)F)cc32)NC(=S)C1C. The van der Waals surface area contributed by atoms with Crippen molar-refractivity contribution in [2.24, 2.45) is 11.8 Å². The van der Waals surface area contributed by atoms with Crippen molar-refractivity contribution in [3.8, 4) is 11.5 Å². The third-order valence-electron chi connectivity index (χ3n) is 6.66. The van der Waals surface area contributed by atoms with Gasteiger partial charge in [0.25, 0.3) is 0 Å². The molecule has 2 aliphatic rings. The predicted molar refractivity (Wildman–Crippen MR) is 123 cm³/mol. The zero-order chi connectivity index (χ0) is 23.8. The summed E-state index contributed by atoms with van der Waals surface area (Å²) in [5, 5.41) is 3.29. The third-order valence-corrected chi connectivity index (χ3v) is 7.14. The Hall–Kier alpha value is -2.61. The largest absolute Gasteiger partial charge is 0.493 e. The number of thiocarbonyl (C=S) groups is 1. The van der Waals surface area contributed by atoms with E-state index in [0.29, 0.717) is 42.2 Å².